The van der Waals surface area contributed by atoms with E-state index < -0.39 is 17.6 Å². The Morgan fingerprint density at radius 2 is 1.68 bits per heavy atom. The quantitative estimate of drug-likeness (QED) is 0.559. The van der Waals surface area contributed by atoms with Gasteiger partial charge >= 0.3 is 6.18 Å². The molecule has 6 nitrogen and oxygen atoms in total. The molecule has 2 aliphatic rings. The molecule has 0 aromatic heterocycles. The van der Waals surface area contributed by atoms with Crippen molar-refractivity contribution in [3.05, 3.63) is 65.2 Å². The predicted molar refractivity (Wildman–Crippen MR) is 123 cm³/mol. The first-order valence-corrected chi connectivity index (χ1v) is 11.5. The highest BCUT2D eigenvalue weighted by molar-refractivity contribution is 5.97. The summed E-state index contributed by atoms with van der Waals surface area (Å²) < 4.78 is 38.8. The van der Waals surface area contributed by atoms with Crippen LogP contribution in [0.15, 0.2) is 48.5 Å². The summed E-state index contributed by atoms with van der Waals surface area (Å²) in [6.45, 7) is 1.22. The molecule has 1 heterocycles. The van der Waals surface area contributed by atoms with Gasteiger partial charge in [0.05, 0.1) is 18.2 Å². The number of alkyl halides is 3. The van der Waals surface area contributed by atoms with Crippen LogP contribution in [0.2, 0.25) is 0 Å². The number of carbonyl (C=O) groups excluding carboxylic acids is 2. The van der Waals surface area contributed by atoms with E-state index in [0.717, 1.165) is 57.0 Å². The van der Waals surface area contributed by atoms with Crippen LogP contribution in [0.3, 0.4) is 0 Å². The zero-order chi connectivity index (χ0) is 24.3. The van der Waals surface area contributed by atoms with Gasteiger partial charge in [0.15, 0.2) is 0 Å². The second-order valence-electron chi connectivity index (χ2n) is 9.16. The van der Waals surface area contributed by atoms with Crippen LogP contribution < -0.4 is 16.4 Å². The SMILES string of the molecule is Nc1cc(C(=O)NCC(=O)NC2CN(C3CCC(c4ccccc4)CC3)C2)cc(C(F)(F)F)c1. The molecule has 1 saturated heterocycles. The highest BCUT2D eigenvalue weighted by Crippen LogP contribution is 2.36. The first-order valence-electron chi connectivity index (χ1n) is 11.5. The predicted octanol–water partition coefficient (Wildman–Crippen LogP) is 3.54. The molecule has 4 rings (SSSR count). The number of halogens is 3. The fourth-order valence-electron chi connectivity index (χ4n) is 4.89. The maximum Gasteiger partial charge on any atom is 0.416 e. The summed E-state index contributed by atoms with van der Waals surface area (Å²) in [6, 6.07) is 13.8. The van der Waals surface area contributed by atoms with E-state index >= 15 is 0 Å². The topological polar surface area (TPSA) is 87.5 Å². The minimum absolute atomic E-state index is 0.0143. The molecular weight excluding hydrogens is 445 g/mol. The Morgan fingerprint density at radius 3 is 2.32 bits per heavy atom. The van der Waals surface area contributed by atoms with E-state index in [2.05, 4.69) is 39.8 Å². The normalized spacial score (nSPS) is 21.5. The minimum atomic E-state index is -4.61. The Hall–Kier alpha value is -3.07. The summed E-state index contributed by atoms with van der Waals surface area (Å²) in [4.78, 5) is 26.8. The fraction of sp³-hybridized carbons (Fsp3) is 0.440. The van der Waals surface area contributed by atoms with Gasteiger partial charge in [-0.05, 0) is 55.4 Å². The molecule has 34 heavy (non-hydrogen) atoms. The van der Waals surface area contributed by atoms with Crippen molar-refractivity contribution in [2.75, 3.05) is 25.4 Å². The number of nitrogen functional groups attached to an aromatic ring is 1. The van der Waals surface area contributed by atoms with E-state index in [1.807, 2.05) is 6.07 Å². The lowest BCUT2D eigenvalue weighted by molar-refractivity contribution is -0.137. The molecule has 2 amide bonds. The molecule has 1 aliphatic carbocycles. The van der Waals surface area contributed by atoms with Crippen molar-refractivity contribution in [1.29, 1.82) is 0 Å². The van der Waals surface area contributed by atoms with Crippen LogP contribution in [-0.2, 0) is 11.0 Å². The van der Waals surface area contributed by atoms with Crippen molar-refractivity contribution >= 4 is 17.5 Å². The molecule has 4 N–H and O–H groups in total. The summed E-state index contributed by atoms with van der Waals surface area (Å²) in [5, 5.41) is 5.24. The van der Waals surface area contributed by atoms with E-state index in [1.54, 1.807) is 0 Å². The number of nitrogens with two attached hydrogens (primary N) is 1. The molecule has 9 heteroatoms. The largest absolute Gasteiger partial charge is 0.416 e. The number of benzene rings is 2. The van der Waals surface area contributed by atoms with Crippen molar-refractivity contribution in [1.82, 2.24) is 15.5 Å². The Kier molecular flexibility index (Phi) is 7.11. The maximum atomic E-state index is 12.9. The third-order valence-corrected chi connectivity index (χ3v) is 6.71. The van der Waals surface area contributed by atoms with Crippen LogP contribution in [0.25, 0.3) is 0 Å². The molecular formula is C25H29F3N4O2. The molecule has 2 aromatic carbocycles. The van der Waals surface area contributed by atoms with Gasteiger partial charge in [0.25, 0.3) is 5.91 Å². The van der Waals surface area contributed by atoms with E-state index in [0.29, 0.717) is 12.0 Å². The van der Waals surface area contributed by atoms with Crippen LogP contribution in [-0.4, -0.2) is 48.4 Å². The molecule has 0 unspecified atom stereocenters. The number of likely N-dealkylation sites (tertiary alicyclic amines) is 1. The first kappa shape index (κ1) is 24.1. The van der Waals surface area contributed by atoms with Crippen molar-refractivity contribution in [3.8, 4) is 0 Å². The average Bonchev–Trinajstić information content (AvgIpc) is 2.79. The van der Waals surface area contributed by atoms with Gasteiger partial charge in [-0.25, -0.2) is 0 Å². The van der Waals surface area contributed by atoms with Crippen LogP contribution in [0.4, 0.5) is 18.9 Å². The first-order chi connectivity index (χ1) is 16.2. The Labute approximate surface area is 196 Å². The monoisotopic (exact) mass is 474 g/mol. The molecule has 2 aromatic rings. The second-order valence-corrected chi connectivity index (χ2v) is 9.16. The third kappa shape index (κ3) is 5.88. The maximum absolute atomic E-state index is 12.9. The van der Waals surface area contributed by atoms with Crippen LogP contribution >= 0.6 is 0 Å². The number of amides is 2. The Morgan fingerprint density at radius 1 is 1.00 bits per heavy atom. The number of rotatable bonds is 6. The third-order valence-electron chi connectivity index (χ3n) is 6.71. The lowest BCUT2D eigenvalue weighted by Crippen LogP contribution is -2.63. The van der Waals surface area contributed by atoms with E-state index in [9.17, 15) is 22.8 Å². The van der Waals surface area contributed by atoms with Gasteiger partial charge in [-0.2, -0.15) is 13.2 Å². The van der Waals surface area contributed by atoms with Gasteiger partial charge in [0.2, 0.25) is 5.91 Å². The zero-order valence-electron chi connectivity index (χ0n) is 18.8. The van der Waals surface area contributed by atoms with Gasteiger partial charge < -0.3 is 16.4 Å². The number of nitrogens with zero attached hydrogens (tertiary/aromatic N) is 1. The average molecular weight is 475 g/mol. The summed E-state index contributed by atoms with van der Waals surface area (Å²) in [7, 11) is 0. The number of hydrogen-bond acceptors (Lipinski definition) is 4. The number of nitrogens with one attached hydrogen (secondary N) is 2. The molecule has 2 fully saturated rings. The van der Waals surface area contributed by atoms with Gasteiger partial charge in [-0.3, -0.25) is 14.5 Å². The standard InChI is InChI=1S/C25H29F3N4O2/c26-25(27,28)19-10-18(11-20(29)12-19)24(34)30-13-23(33)31-21-14-32(15-21)22-8-6-17(7-9-22)16-4-2-1-3-5-16/h1-5,10-12,17,21-22H,6-9,13-15,29H2,(H,30,34)(H,31,33). The van der Waals surface area contributed by atoms with E-state index in [-0.39, 0.29) is 29.7 Å². The van der Waals surface area contributed by atoms with Crippen LogP contribution in [0.1, 0.15) is 53.1 Å². The number of carbonyl (C=O) groups is 2. The van der Waals surface area contributed by atoms with Gasteiger partial charge in [0.1, 0.15) is 0 Å². The molecule has 1 aliphatic heterocycles. The molecule has 1 saturated carbocycles. The fourth-order valence-corrected chi connectivity index (χ4v) is 4.89. The molecule has 0 atom stereocenters. The van der Waals surface area contributed by atoms with Crippen molar-refractivity contribution in [2.45, 2.75) is 49.9 Å². The molecule has 0 bridgehead atoms. The summed E-state index contributed by atoms with van der Waals surface area (Å²) >= 11 is 0. The van der Waals surface area contributed by atoms with Crippen molar-refractivity contribution in [3.63, 3.8) is 0 Å². The van der Waals surface area contributed by atoms with E-state index in [1.165, 1.54) is 5.56 Å². The lowest BCUT2D eigenvalue weighted by atomic mass is 9.80. The molecule has 182 valence electrons. The number of hydrogen-bond donors (Lipinski definition) is 3. The Balaban J connectivity index is 1.17. The highest BCUT2D eigenvalue weighted by atomic mass is 19.4. The summed E-state index contributed by atoms with van der Waals surface area (Å²) in [5.74, 6) is -0.533. The lowest BCUT2D eigenvalue weighted by Gasteiger charge is -2.46. The smallest absolute Gasteiger partial charge is 0.399 e. The van der Waals surface area contributed by atoms with Crippen LogP contribution in [0, 0.1) is 0 Å². The van der Waals surface area contributed by atoms with Crippen LogP contribution in [0.5, 0.6) is 0 Å². The van der Waals surface area contributed by atoms with E-state index in [4.69, 9.17) is 5.73 Å². The van der Waals surface area contributed by atoms with Gasteiger partial charge in [-0.15, -0.1) is 0 Å². The second kappa shape index (κ2) is 10.0. The molecule has 0 spiro atoms. The van der Waals surface area contributed by atoms with Crippen molar-refractivity contribution in [2.24, 2.45) is 0 Å². The van der Waals surface area contributed by atoms with Gasteiger partial charge in [0, 0.05) is 30.4 Å². The molecule has 0 radical (unpaired) electrons. The summed E-state index contributed by atoms with van der Waals surface area (Å²) in [6.07, 6.45) is -0.0198. The van der Waals surface area contributed by atoms with Gasteiger partial charge in [-0.1, -0.05) is 30.3 Å². The minimum Gasteiger partial charge on any atom is -0.399 e. The van der Waals surface area contributed by atoms with Crippen molar-refractivity contribution < 1.29 is 22.8 Å². The summed E-state index contributed by atoms with van der Waals surface area (Å²) in [5.41, 5.74) is 5.49. The Bertz CT molecular complexity index is 1010. The number of anilines is 1. The highest BCUT2D eigenvalue weighted by Gasteiger charge is 2.35. The zero-order valence-corrected chi connectivity index (χ0v) is 18.8.